The number of nitrogens with zero attached hydrogens (tertiary/aromatic N) is 2. The summed E-state index contributed by atoms with van der Waals surface area (Å²) in [5, 5.41) is 35.0. The molecule has 7 nitrogen and oxygen atoms in total. The lowest BCUT2D eigenvalue weighted by Gasteiger charge is -2.66. The van der Waals surface area contributed by atoms with Crippen molar-refractivity contribution in [3.63, 3.8) is 0 Å². The molecule has 0 spiro atoms. The van der Waals surface area contributed by atoms with Gasteiger partial charge in [0, 0.05) is 39.6 Å². The maximum absolute atomic E-state index is 14.5. The maximum Gasteiger partial charge on any atom is 0.321 e. The predicted octanol–water partition coefficient (Wildman–Crippen LogP) is 9.27. The Morgan fingerprint density at radius 2 is 1.04 bits per heavy atom. The van der Waals surface area contributed by atoms with Crippen LogP contribution in [0.25, 0.3) is 0 Å². The van der Waals surface area contributed by atoms with Gasteiger partial charge in [-0.05, 0) is 141 Å². The van der Waals surface area contributed by atoms with Crippen molar-refractivity contribution in [2.75, 3.05) is 14.1 Å². The third-order valence-corrected chi connectivity index (χ3v) is 13.5. The van der Waals surface area contributed by atoms with Crippen LogP contribution in [-0.4, -0.2) is 73.3 Å². The minimum atomic E-state index is -2.13. The van der Waals surface area contributed by atoms with Gasteiger partial charge in [-0.1, -0.05) is 61.0 Å². The van der Waals surface area contributed by atoms with Crippen LogP contribution in [0.5, 0.6) is 5.75 Å². The third-order valence-electron chi connectivity index (χ3n) is 13.5. The smallest absolute Gasteiger partial charge is 0.321 e. The quantitative estimate of drug-likeness (QED) is 0.223. The summed E-state index contributed by atoms with van der Waals surface area (Å²) in [7, 11) is 4.31. The molecule has 2 saturated heterocycles. The first kappa shape index (κ1) is 41.3. The zero-order chi connectivity index (χ0) is 38.1. The summed E-state index contributed by atoms with van der Waals surface area (Å²) < 4.78 is 0. The van der Waals surface area contributed by atoms with Crippen LogP contribution in [0.3, 0.4) is 0 Å². The van der Waals surface area contributed by atoms with Crippen molar-refractivity contribution in [3.05, 3.63) is 28.8 Å². The normalized spacial score (nSPS) is 22.6. The molecule has 0 saturated carbocycles. The van der Waals surface area contributed by atoms with Gasteiger partial charge in [-0.15, -0.1) is 0 Å². The number of carboxylic acid groups (broad SMARTS) is 2. The van der Waals surface area contributed by atoms with Crippen molar-refractivity contribution in [1.29, 1.82) is 0 Å². The first-order valence-electron chi connectivity index (χ1n) is 18.7. The fourth-order valence-electron chi connectivity index (χ4n) is 11.0. The topological polar surface area (TPSA) is 101 Å². The number of aliphatic carboxylic acids is 2. The van der Waals surface area contributed by atoms with E-state index in [1.807, 2.05) is 6.07 Å². The van der Waals surface area contributed by atoms with Gasteiger partial charge in [0.15, 0.2) is 5.41 Å². The number of phenols is 1. The molecule has 0 aliphatic carbocycles. The van der Waals surface area contributed by atoms with Gasteiger partial charge in [-0.25, -0.2) is 0 Å². The van der Waals surface area contributed by atoms with Crippen molar-refractivity contribution in [2.45, 2.75) is 182 Å². The van der Waals surface area contributed by atoms with Crippen LogP contribution >= 0.6 is 0 Å². The maximum atomic E-state index is 14.5. The van der Waals surface area contributed by atoms with Gasteiger partial charge >= 0.3 is 11.9 Å². The van der Waals surface area contributed by atoms with Crippen molar-refractivity contribution >= 4 is 11.9 Å². The van der Waals surface area contributed by atoms with Crippen LogP contribution in [0.4, 0.5) is 0 Å². The van der Waals surface area contributed by atoms with Crippen molar-refractivity contribution in [3.8, 4) is 5.75 Å². The Bertz CT molecular complexity index is 1310. The fourth-order valence-corrected chi connectivity index (χ4v) is 11.0. The highest BCUT2D eigenvalue weighted by Gasteiger charge is 2.70. The van der Waals surface area contributed by atoms with E-state index in [9.17, 15) is 24.9 Å². The predicted molar refractivity (Wildman–Crippen MR) is 202 cm³/mol. The lowest BCUT2D eigenvalue weighted by molar-refractivity contribution is -0.208. The second-order valence-corrected chi connectivity index (χ2v) is 20.6. The number of hydrogen-bond donors (Lipinski definition) is 3. The minimum Gasteiger partial charge on any atom is -0.508 e. The highest BCUT2D eigenvalue weighted by Crippen LogP contribution is 2.66. The third kappa shape index (κ3) is 6.93. The molecular formula is C42H72N2O5. The number of rotatable bonds is 9. The summed E-state index contributed by atoms with van der Waals surface area (Å²) in [5.41, 5.74) is -2.95. The summed E-state index contributed by atoms with van der Waals surface area (Å²) in [6.45, 7) is 32.3. The first-order valence-corrected chi connectivity index (χ1v) is 18.7. The van der Waals surface area contributed by atoms with Crippen molar-refractivity contribution in [2.24, 2.45) is 22.7 Å². The van der Waals surface area contributed by atoms with E-state index >= 15 is 0 Å². The Labute approximate surface area is 299 Å². The van der Waals surface area contributed by atoms with Gasteiger partial charge in [0.05, 0.1) is 0 Å². The summed E-state index contributed by atoms with van der Waals surface area (Å²) in [6, 6.07) is 3.47. The number of carboxylic acids is 2. The molecule has 0 amide bonds. The average Bonchev–Trinajstić information content (AvgIpc) is 2.90. The zero-order valence-corrected chi connectivity index (χ0v) is 34.3. The van der Waals surface area contributed by atoms with Crippen LogP contribution in [-0.2, 0) is 26.8 Å². The van der Waals surface area contributed by atoms with Gasteiger partial charge in [0.25, 0.3) is 0 Å². The number of carbonyl (C=O) groups is 2. The summed E-state index contributed by atoms with van der Waals surface area (Å²) in [5.74, 6) is -2.67. The highest BCUT2D eigenvalue weighted by molar-refractivity contribution is 6.00. The SMILES string of the molecule is CCCC(C1CC(C)(C)N(C)C(C)(C)C1)(C1CC(C)(C)N(C)C(C)(C)C1)C(Cc1ccc(O)c(C(C)(C)C)c1C(C)(C)C)(C(=O)O)C(=O)O. The van der Waals surface area contributed by atoms with E-state index in [2.05, 4.69) is 128 Å². The summed E-state index contributed by atoms with van der Waals surface area (Å²) >= 11 is 0. The van der Waals surface area contributed by atoms with E-state index < -0.39 is 33.6 Å². The van der Waals surface area contributed by atoms with Crippen LogP contribution in [0, 0.1) is 22.7 Å². The van der Waals surface area contributed by atoms with Crippen molar-refractivity contribution in [1.82, 2.24) is 9.80 Å². The Kier molecular flexibility index (Phi) is 10.8. The second-order valence-electron chi connectivity index (χ2n) is 20.6. The molecule has 0 aromatic heterocycles. The highest BCUT2D eigenvalue weighted by atomic mass is 16.4. The second kappa shape index (κ2) is 12.8. The molecule has 3 rings (SSSR count). The van der Waals surface area contributed by atoms with E-state index in [-0.39, 0.29) is 46.2 Å². The van der Waals surface area contributed by atoms with E-state index in [4.69, 9.17) is 0 Å². The van der Waals surface area contributed by atoms with Gasteiger partial charge in [0.2, 0.25) is 0 Å². The van der Waals surface area contributed by atoms with Crippen LogP contribution in [0.1, 0.15) is 159 Å². The monoisotopic (exact) mass is 685 g/mol. The molecule has 2 aliphatic heterocycles. The van der Waals surface area contributed by atoms with Gasteiger partial charge in [-0.3, -0.25) is 19.4 Å². The Hall–Kier alpha value is -2.12. The van der Waals surface area contributed by atoms with Crippen LogP contribution in [0.15, 0.2) is 12.1 Å². The Morgan fingerprint density at radius 3 is 1.33 bits per heavy atom. The molecule has 0 atom stereocenters. The van der Waals surface area contributed by atoms with Crippen LogP contribution < -0.4 is 0 Å². The summed E-state index contributed by atoms with van der Waals surface area (Å²) in [6.07, 6.45) is 3.86. The largest absolute Gasteiger partial charge is 0.508 e. The van der Waals surface area contributed by atoms with E-state index in [1.54, 1.807) is 6.07 Å². The zero-order valence-electron chi connectivity index (χ0n) is 34.3. The molecule has 2 aliphatic rings. The molecule has 1 aromatic rings. The average molecular weight is 685 g/mol. The van der Waals surface area contributed by atoms with Crippen LogP contribution in [0.2, 0.25) is 0 Å². The molecule has 2 fully saturated rings. The van der Waals surface area contributed by atoms with E-state index in [0.717, 1.165) is 11.1 Å². The molecule has 49 heavy (non-hydrogen) atoms. The van der Waals surface area contributed by atoms with Gasteiger partial charge in [0.1, 0.15) is 5.75 Å². The molecule has 280 valence electrons. The molecule has 7 heteroatoms. The lowest BCUT2D eigenvalue weighted by Crippen LogP contribution is -2.70. The number of piperidine rings is 2. The molecule has 2 heterocycles. The minimum absolute atomic E-state index is 0.145. The number of aromatic hydroxyl groups is 1. The number of phenolic OH excluding ortho intramolecular Hbond substituents is 1. The molecule has 0 bridgehead atoms. The van der Waals surface area contributed by atoms with E-state index in [0.29, 0.717) is 44.1 Å². The van der Waals surface area contributed by atoms with Gasteiger partial charge in [-0.2, -0.15) is 0 Å². The molecule has 0 unspecified atom stereocenters. The fraction of sp³-hybridized carbons (Fsp3) is 0.810. The summed E-state index contributed by atoms with van der Waals surface area (Å²) in [4.78, 5) is 33.8. The Morgan fingerprint density at radius 1 is 0.694 bits per heavy atom. The number of benzene rings is 1. The van der Waals surface area contributed by atoms with Crippen molar-refractivity contribution < 1.29 is 24.9 Å². The van der Waals surface area contributed by atoms with Gasteiger partial charge < -0.3 is 15.3 Å². The lowest BCUT2D eigenvalue weighted by atomic mass is 9.42. The molecule has 0 radical (unpaired) electrons. The first-order chi connectivity index (χ1) is 21.9. The molecule has 1 aromatic carbocycles. The number of hydrogen-bond acceptors (Lipinski definition) is 5. The standard InChI is InChI=1S/C42H72N2O5/c1-18-21-41(28-23-37(8,9)43(16)38(10,11)24-28,29-25-39(12,13)44(17)40(14,15)26-29)42(33(46)47,34(48)49)22-27-19-20-30(45)32(36(5,6)7)31(27)35(2,3)4/h19-20,28-29,45H,18,21-26H2,1-17H3,(H,46,47)(H,48,49). The molecular weight excluding hydrogens is 612 g/mol. The van der Waals surface area contributed by atoms with E-state index in [1.165, 1.54) is 0 Å². The number of likely N-dealkylation sites (tertiary alicyclic amines) is 2. The Balaban J connectivity index is 2.61. The molecule has 3 N–H and O–H groups in total.